The highest BCUT2D eigenvalue weighted by Crippen LogP contribution is 2.30. The standard InChI is InChI=1S/C17H25NO2/c1-14(2)18-17(11-7-4-8-12-17)16(19)20-13-15-9-5-3-6-10-15/h3,5-6,9-10,14,18H,4,7-8,11-13H2,1-2H3. The fourth-order valence-corrected chi connectivity index (χ4v) is 2.98. The highest BCUT2D eigenvalue weighted by molar-refractivity contribution is 5.81. The number of carbonyl (C=O) groups excluding carboxylic acids is 1. The van der Waals surface area contributed by atoms with E-state index in [1.54, 1.807) is 0 Å². The zero-order valence-corrected chi connectivity index (χ0v) is 12.5. The van der Waals surface area contributed by atoms with Crippen LogP contribution >= 0.6 is 0 Å². The fourth-order valence-electron chi connectivity index (χ4n) is 2.98. The first kappa shape index (κ1) is 15.0. The van der Waals surface area contributed by atoms with Crippen molar-refractivity contribution in [1.82, 2.24) is 5.32 Å². The lowest BCUT2D eigenvalue weighted by Crippen LogP contribution is -2.56. The molecule has 3 heteroatoms. The van der Waals surface area contributed by atoms with Gasteiger partial charge in [0.2, 0.25) is 0 Å². The molecule has 110 valence electrons. The molecule has 3 nitrogen and oxygen atoms in total. The predicted molar refractivity (Wildman–Crippen MR) is 80.3 cm³/mol. The first-order valence-electron chi connectivity index (χ1n) is 7.61. The molecule has 0 atom stereocenters. The summed E-state index contributed by atoms with van der Waals surface area (Å²) in [5.41, 5.74) is 0.567. The van der Waals surface area contributed by atoms with E-state index in [1.807, 2.05) is 30.3 Å². The summed E-state index contributed by atoms with van der Waals surface area (Å²) in [4.78, 5) is 12.5. The van der Waals surface area contributed by atoms with Gasteiger partial charge in [0.1, 0.15) is 12.1 Å². The van der Waals surface area contributed by atoms with E-state index in [4.69, 9.17) is 4.74 Å². The minimum Gasteiger partial charge on any atom is -0.459 e. The van der Waals surface area contributed by atoms with Crippen molar-refractivity contribution in [2.75, 3.05) is 0 Å². The lowest BCUT2D eigenvalue weighted by atomic mass is 9.81. The third-order valence-electron chi connectivity index (χ3n) is 3.88. The maximum absolute atomic E-state index is 12.5. The summed E-state index contributed by atoms with van der Waals surface area (Å²) in [6.45, 7) is 4.53. The van der Waals surface area contributed by atoms with E-state index in [0.29, 0.717) is 6.61 Å². The van der Waals surface area contributed by atoms with Crippen molar-refractivity contribution in [3.8, 4) is 0 Å². The summed E-state index contributed by atoms with van der Waals surface area (Å²) < 4.78 is 5.57. The van der Waals surface area contributed by atoms with Gasteiger partial charge in [-0.05, 0) is 32.3 Å². The third kappa shape index (κ3) is 3.83. The molecule has 0 aliphatic heterocycles. The van der Waals surface area contributed by atoms with E-state index in [-0.39, 0.29) is 12.0 Å². The van der Waals surface area contributed by atoms with Gasteiger partial charge < -0.3 is 4.74 Å². The smallest absolute Gasteiger partial charge is 0.326 e. The van der Waals surface area contributed by atoms with Gasteiger partial charge in [-0.15, -0.1) is 0 Å². The Morgan fingerprint density at radius 2 is 1.85 bits per heavy atom. The average Bonchev–Trinajstić information content (AvgIpc) is 2.46. The zero-order chi connectivity index (χ0) is 14.4. The molecule has 1 fully saturated rings. The van der Waals surface area contributed by atoms with Crippen molar-refractivity contribution < 1.29 is 9.53 Å². The zero-order valence-electron chi connectivity index (χ0n) is 12.5. The Morgan fingerprint density at radius 1 is 1.20 bits per heavy atom. The van der Waals surface area contributed by atoms with Crippen LogP contribution in [0.3, 0.4) is 0 Å². The number of esters is 1. The quantitative estimate of drug-likeness (QED) is 0.837. The van der Waals surface area contributed by atoms with E-state index < -0.39 is 5.54 Å². The van der Waals surface area contributed by atoms with Crippen LogP contribution < -0.4 is 5.32 Å². The molecule has 0 saturated heterocycles. The van der Waals surface area contributed by atoms with Crippen molar-refractivity contribution in [2.24, 2.45) is 0 Å². The molecule has 0 unspecified atom stereocenters. The maximum Gasteiger partial charge on any atom is 0.326 e. The van der Waals surface area contributed by atoms with Gasteiger partial charge in [-0.1, -0.05) is 49.6 Å². The van der Waals surface area contributed by atoms with Gasteiger partial charge >= 0.3 is 5.97 Å². The summed E-state index contributed by atoms with van der Waals surface area (Å²) >= 11 is 0. The summed E-state index contributed by atoms with van der Waals surface area (Å²) in [6.07, 6.45) is 5.19. The average molecular weight is 275 g/mol. The van der Waals surface area contributed by atoms with E-state index in [1.165, 1.54) is 6.42 Å². The monoisotopic (exact) mass is 275 g/mol. The Labute approximate surface area is 121 Å². The number of rotatable bonds is 5. The number of hydrogen-bond acceptors (Lipinski definition) is 3. The Bertz CT molecular complexity index is 422. The summed E-state index contributed by atoms with van der Waals surface area (Å²) in [5, 5.41) is 3.46. The molecule has 1 N–H and O–H groups in total. The molecule has 1 aliphatic rings. The van der Waals surface area contributed by atoms with Crippen LogP contribution in [0.4, 0.5) is 0 Å². The van der Waals surface area contributed by atoms with E-state index in [2.05, 4.69) is 19.2 Å². The van der Waals surface area contributed by atoms with Crippen LogP contribution in [0.5, 0.6) is 0 Å². The lowest BCUT2D eigenvalue weighted by Gasteiger charge is -2.37. The predicted octanol–water partition coefficient (Wildman–Crippen LogP) is 3.43. The fraction of sp³-hybridized carbons (Fsp3) is 0.588. The molecule has 0 bridgehead atoms. The highest BCUT2D eigenvalue weighted by Gasteiger charge is 2.41. The molecular formula is C17H25NO2. The molecule has 0 heterocycles. The first-order chi connectivity index (χ1) is 9.62. The van der Waals surface area contributed by atoms with Crippen LogP contribution in [0.2, 0.25) is 0 Å². The van der Waals surface area contributed by atoms with Crippen LogP contribution in [0.25, 0.3) is 0 Å². The van der Waals surface area contributed by atoms with E-state index >= 15 is 0 Å². The minimum atomic E-state index is -0.471. The van der Waals surface area contributed by atoms with Crippen molar-refractivity contribution in [2.45, 2.75) is 64.1 Å². The maximum atomic E-state index is 12.5. The number of ether oxygens (including phenoxy) is 1. The molecule has 1 aromatic carbocycles. The van der Waals surface area contributed by atoms with Gasteiger partial charge in [-0.3, -0.25) is 10.1 Å². The number of nitrogens with one attached hydrogen (secondary N) is 1. The van der Waals surface area contributed by atoms with Crippen LogP contribution in [-0.4, -0.2) is 17.6 Å². The van der Waals surface area contributed by atoms with Crippen molar-refractivity contribution in [3.63, 3.8) is 0 Å². The summed E-state index contributed by atoms with van der Waals surface area (Å²) in [5.74, 6) is -0.0882. The molecule has 0 spiro atoms. The lowest BCUT2D eigenvalue weighted by molar-refractivity contribution is -0.155. The van der Waals surface area contributed by atoms with Gasteiger partial charge in [0.05, 0.1) is 0 Å². The van der Waals surface area contributed by atoms with Crippen LogP contribution in [0.1, 0.15) is 51.5 Å². The van der Waals surface area contributed by atoms with Gasteiger partial charge in [-0.2, -0.15) is 0 Å². The normalized spacial score (nSPS) is 17.9. The number of benzene rings is 1. The highest BCUT2D eigenvalue weighted by atomic mass is 16.5. The van der Waals surface area contributed by atoms with Gasteiger partial charge in [-0.25, -0.2) is 0 Å². The van der Waals surface area contributed by atoms with Crippen molar-refractivity contribution in [3.05, 3.63) is 35.9 Å². The van der Waals surface area contributed by atoms with Crippen LogP contribution in [-0.2, 0) is 16.1 Å². The van der Waals surface area contributed by atoms with Crippen molar-refractivity contribution >= 4 is 5.97 Å². The molecule has 20 heavy (non-hydrogen) atoms. The second-order valence-corrected chi connectivity index (χ2v) is 6.00. The first-order valence-corrected chi connectivity index (χ1v) is 7.61. The molecule has 0 radical (unpaired) electrons. The van der Waals surface area contributed by atoms with Crippen LogP contribution in [0.15, 0.2) is 30.3 Å². The topological polar surface area (TPSA) is 38.3 Å². The second-order valence-electron chi connectivity index (χ2n) is 6.00. The Hall–Kier alpha value is -1.35. The van der Waals surface area contributed by atoms with E-state index in [0.717, 1.165) is 31.2 Å². The summed E-state index contributed by atoms with van der Waals surface area (Å²) in [7, 11) is 0. The molecule has 1 saturated carbocycles. The minimum absolute atomic E-state index is 0.0882. The number of hydrogen-bond donors (Lipinski definition) is 1. The van der Waals surface area contributed by atoms with E-state index in [9.17, 15) is 4.79 Å². The molecule has 1 aliphatic carbocycles. The van der Waals surface area contributed by atoms with Gasteiger partial charge in [0, 0.05) is 6.04 Å². The molecule has 0 aromatic heterocycles. The van der Waals surface area contributed by atoms with Gasteiger partial charge in [0.15, 0.2) is 0 Å². The molecule has 2 rings (SSSR count). The molecule has 0 amide bonds. The number of carbonyl (C=O) groups is 1. The second kappa shape index (κ2) is 6.89. The SMILES string of the molecule is CC(C)NC1(C(=O)OCc2ccccc2)CCCCC1. The van der Waals surface area contributed by atoms with Gasteiger partial charge in [0.25, 0.3) is 0 Å². The Balaban J connectivity index is 1.99. The largest absolute Gasteiger partial charge is 0.459 e. The molecule has 1 aromatic rings. The third-order valence-corrected chi connectivity index (χ3v) is 3.88. The van der Waals surface area contributed by atoms with Crippen LogP contribution in [0, 0.1) is 0 Å². The molecular weight excluding hydrogens is 250 g/mol. The van der Waals surface area contributed by atoms with Crippen molar-refractivity contribution in [1.29, 1.82) is 0 Å². The summed E-state index contributed by atoms with van der Waals surface area (Å²) in [6, 6.07) is 10.1. The Morgan fingerprint density at radius 3 is 2.45 bits per heavy atom. The Kier molecular flexibility index (Phi) is 5.18.